The number of primary amides is 1. The Bertz CT molecular complexity index is 1530. The van der Waals surface area contributed by atoms with Crippen molar-refractivity contribution in [1.82, 2.24) is 20.2 Å². The van der Waals surface area contributed by atoms with Gasteiger partial charge in [-0.25, -0.2) is 13.8 Å². The third kappa shape index (κ3) is 7.10. The lowest BCUT2D eigenvalue weighted by Gasteiger charge is -2.37. The van der Waals surface area contributed by atoms with Gasteiger partial charge in [0.1, 0.15) is 5.69 Å². The summed E-state index contributed by atoms with van der Waals surface area (Å²) in [6.07, 6.45) is 7.04. The summed E-state index contributed by atoms with van der Waals surface area (Å²) in [4.78, 5) is 90.5. The van der Waals surface area contributed by atoms with E-state index in [-0.39, 0.29) is 46.6 Å². The molecule has 280 valence electrons. The summed E-state index contributed by atoms with van der Waals surface area (Å²) in [7, 11) is 0. The van der Waals surface area contributed by atoms with Gasteiger partial charge in [-0.15, -0.1) is 0 Å². The lowest BCUT2D eigenvalue weighted by Crippen LogP contribution is -2.51. The summed E-state index contributed by atoms with van der Waals surface area (Å²) in [6.45, 7) is 10.1. The number of likely N-dealkylation sites (tertiary alicyclic amines) is 1. The number of alkyl halides is 2. The second-order valence-corrected chi connectivity index (χ2v) is 17.1. The Kier molecular flexibility index (Phi) is 10.9. The van der Waals surface area contributed by atoms with Crippen LogP contribution in [-0.4, -0.2) is 75.0 Å². The van der Waals surface area contributed by atoms with Crippen LogP contribution in [0, 0.1) is 39.4 Å². The van der Waals surface area contributed by atoms with Crippen molar-refractivity contribution >= 4 is 35.1 Å². The molecule has 0 radical (unpaired) electrons. The number of nitrogens with one attached hydrogen (secondary N) is 1. The molecule has 4 fully saturated rings. The van der Waals surface area contributed by atoms with Crippen LogP contribution in [0.1, 0.15) is 122 Å². The summed E-state index contributed by atoms with van der Waals surface area (Å²) in [5.41, 5.74) is 3.86. The standard InChI is InChI=1S/C38H53F2N5O6/c1-35(2,3)24(18-28(47)30(22-10-7-6-8-11-22)44-33(50)25-20-42-14-15-43-25)34(51)45-21-38(36(4,5)37(38)12-9-13-37)19-26(45)27(46)16-23(17-29(39)40)31(48)32(41)49/h14-15,20,22-24,26,29-30H,6-13,16-19,21H2,1-5H3,(H2,41,49)(H,44,50)/t23?,24-,26+,30+,38-/m1/s1. The first-order valence-electron chi connectivity index (χ1n) is 18.4. The number of rotatable bonds is 14. The molecule has 51 heavy (non-hydrogen) atoms. The highest BCUT2D eigenvalue weighted by Crippen LogP contribution is 2.88. The number of amides is 3. The highest BCUT2D eigenvalue weighted by molar-refractivity contribution is 6.36. The van der Waals surface area contributed by atoms with Crippen molar-refractivity contribution < 1.29 is 37.5 Å². The Morgan fingerprint density at radius 3 is 2.16 bits per heavy atom. The van der Waals surface area contributed by atoms with Crippen molar-refractivity contribution in [3.05, 3.63) is 24.3 Å². The molecule has 3 saturated carbocycles. The maximum absolute atomic E-state index is 14.9. The lowest BCUT2D eigenvalue weighted by atomic mass is 9.73. The molecule has 0 aromatic carbocycles. The molecular formula is C38H53F2N5O6. The molecule has 11 nitrogen and oxygen atoms in total. The fraction of sp³-hybridized carbons (Fsp3) is 0.737. The van der Waals surface area contributed by atoms with Crippen LogP contribution in [0.25, 0.3) is 0 Å². The Morgan fingerprint density at radius 1 is 0.980 bits per heavy atom. The van der Waals surface area contributed by atoms with Crippen LogP contribution in [0.15, 0.2) is 18.6 Å². The average molecular weight is 714 g/mol. The van der Waals surface area contributed by atoms with E-state index in [9.17, 15) is 37.5 Å². The van der Waals surface area contributed by atoms with Crippen molar-refractivity contribution in [2.75, 3.05) is 6.54 Å². The van der Waals surface area contributed by atoms with Gasteiger partial charge in [-0.3, -0.25) is 33.8 Å². The smallest absolute Gasteiger partial charge is 0.285 e. The minimum Gasteiger partial charge on any atom is -0.363 e. The van der Waals surface area contributed by atoms with E-state index in [0.29, 0.717) is 6.42 Å². The molecule has 0 bridgehead atoms. The van der Waals surface area contributed by atoms with Crippen LogP contribution < -0.4 is 11.1 Å². The van der Waals surface area contributed by atoms with Crippen LogP contribution in [0.2, 0.25) is 0 Å². The zero-order chi connectivity index (χ0) is 37.5. The van der Waals surface area contributed by atoms with Gasteiger partial charge in [-0.2, -0.15) is 0 Å². The fourth-order valence-electron chi connectivity index (χ4n) is 10.0. The van der Waals surface area contributed by atoms with Gasteiger partial charge in [-0.1, -0.05) is 60.3 Å². The van der Waals surface area contributed by atoms with Gasteiger partial charge in [0.25, 0.3) is 11.8 Å². The van der Waals surface area contributed by atoms with Crippen molar-refractivity contribution in [2.24, 2.45) is 45.1 Å². The number of nitrogens with zero attached hydrogens (tertiary/aromatic N) is 3. The van der Waals surface area contributed by atoms with Crippen molar-refractivity contribution in [2.45, 2.75) is 130 Å². The normalized spacial score (nSPS) is 25.6. The molecule has 3 N–H and O–H groups in total. The molecule has 3 amide bonds. The molecule has 5 atom stereocenters. The Balaban J connectivity index is 1.44. The molecule has 1 aliphatic heterocycles. The van der Waals surface area contributed by atoms with Crippen LogP contribution in [0.5, 0.6) is 0 Å². The maximum Gasteiger partial charge on any atom is 0.285 e. The first-order valence-corrected chi connectivity index (χ1v) is 18.4. The largest absolute Gasteiger partial charge is 0.363 e. The Hall–Kier alpha value is -3.64. The fourth-order valence-corrected chi connectivity index (χ4v) is 10.0. The third-order valence-electron chi connectivity index (χ3n) is 13.3. The van der Waals surface area contributed by atoms with Crippen LogP contribution in [0.3, 0.4) is 0 Å². The molecule has 1 unspecified atom stereocenters. The second-order valence-electron chi connectivity index (χ2n) is 17.1. The van der Waals surface area contributed by atoms with E-state index in [4.69, 9.17) is 5.73 Å². The zero-order valence-corrected chi connectivity index (χ0v) is 30.5. The quantitative estimate of drug-likeness (QED) is 0.258. The van der Waals surface area contributed by atoms with Crippen molar-refractivity contribution in [3.8, 4) is 0 Å². The van der Waals surface area contributed by atoms with Gasteiger partial charge in [0.15, 0.2) is 11.6 Å². The summed E-state index contributed by atoms with van der Waals surface area (Å²) in [6, 6.07) is -1.86. The highest BCUT2D eigenvalue weighted by Gasteiger charge is 2.85. The van der Waals surface area contributed by atoms with Gasteiger partial charge < -0.3 is 16.0 Å². The summed E-state index contributed by atoms with van der Waals surface area (Å²) in [5.74, 6) is -6.96. The topological polar surface area (TPSA) is 169 Å². The first kappa shape index (κ1) is 38.6. The SMILES string of the molecule is CC(C)(C)[C@H](CC(=O)[C@@H](NC(=O)c1cnccn1)C1CCCCC1)C(=O)N1C[C@]2(C[C@H]1C(=O)CC(CC(F)F)C(=O)C(N)=O)C(C)(C)C21CCC1. The number of ketones is 3. The molecule has 4 aliphatic rings. The average Bonchev–Trinajstić information content (AvgIpc) is 3.27. The highest BCUT2D eigenvalue weighted by atomic mass is 19.3. The van der Waals surface area contributed by atoms with E-state index in [0.717, 1.165) is 51.4 Å². The van der Waals surface area contributed by atoms with Crippen LogP contribution in [0.4, 0.5) is 8.78 Å². The van der Waals surface area contributed by atoms with E-state index in [1.54, 1.807) is 4.90 Å². The van der Waals surface area contributed by atoms with Gasteiger partial charge in [-0.05, 0) is 54.3 Å². The van der Waals surface area contributed by atoms with Crippen molar-refractivity contribution in [1.29, 1.82) is 0 Å². The second kappa shape index (κ2) is 14.4. The number of fused-ring (bicyclic) bond motifs is 1. The van der Waals surface area contributed by atoms with Crippen LogP contribution in [-0.2, 0) is 24.0 Å². The third-order valence-corrected chi connectivity index (χ3v) is 13.3. The molecule has 5 rings (SSSR count). The first-order chi connectivity index (χ1) is 23.9. The molecule has 1 aromatic heterocycles. The monoisotopic (exact) mass is 713 g/mol. The lowest BCUT2D eigenvalue weighted by molar-refractivity contribution is -0.147. The number of hydrogen-bond acceptors (Lipinski definition) is 8. The molecule has 1 saturated heterocycles. The van der Waals surface area contributed by atoms with E-state index in [2.05, 4.69) is 29.1 Å². The summed E-state index contributed by atoms with van der Waals surface area (Å²) >= 11 is 0. The van der Waals surface area contributed by atoms with E-state index in [1.165, 1.54) is 18.6 Å². The van der Waals surface area contributed by atoms with Gasteiger partial charge >= 0.3 is 0 Å². The number of Topliss-reactive ketones (excluding diaryl/α,β-unsaturated/α-hetero) is 3. The molecule has 1 aromatic rings. The minimum atomic E-state index is -2.94. The number of nitrogens with two attached hydrogens (primary N) is 1. The predicted molar refractivity (Wildman–Crippen MR) is 183 cm³/mol. The molecule has 2 spiro atoms. The zero-order valence-electron chi connectivity index (χ0n) is 30.5. The Morgan fingerprint density at radius 2 is 1.65 bits per heavy atom. The van der Waals surface area contributed by atoms with Gasteiger partial charge in [0, 0.05) is 55.5 Å². The van der Waals surface area contributed by atoms with E-state index >= 15 is 0 Å². The van der Waals surface area contributed by atoms with Crippen molar-refractivity contribution in [3.63, 3.8) is 0 Å². The molecule has 13 heteroatoms. The summed E-state index contributed by atoms with van der Waals surface area (Å²) < 4.78 is 27.0. The van der Waals surface area contributed by atoms with E-state index in [1.807, 2.05) is 20.8 Å². The number of aromatic nitrogens is 2. The number of carbonyl (C=O) groups excluding carboxylic acids is 6. The number of carbonyl (C=O) groups is 6. The van der Waals surface area contributed by atoms with Crippen LogP contribution >= 0.6 is 0 Å². The van der Waals surface area contributed by atoms with Gasteiger partial charge in [0.05, 0.1) is 18.3 Å². The molecule has 3 aliphatic carbocycles. The number of halogens is 2. The molecule has 2 heterocycles. The predicted octanol–water partition coefficient (Wildman–Crippen LogP) is 4.86. The summed E-state index contributed by atoms with van der Waals surface area (Å²) in [5, 5.41) is 2.91. The maximum atomic E-state index is 14.9. The van der Waals surface area contributed by atoms with E-state index < -0.39 is 77.9 Å². The minimum absolute atomic E-state index is 0.0667. The van der Waals surface area contributed by atoms with Gasteiger partial charge in [0.2, 0.25) is 18.1 Å². The Labute approximate surface area is 298 Å². The number of hydrogen-bond donors (Lipinski definition) is 2. The molecular weight excluding hydrogens is 660 g/mol.